The van der Waals surface area contributed by atoms with Crippen LogP contribution >= 0.6 is 11.3 Å². The van der Waals surface area contributed by atoms with Crippen LogP contribution in [0.2, 0.25) is 0 Å². The smallest absolute Gasteiger partial charge is 0.0926 e. The van der Waals surface area contributed by atoms with Gasteiger partial charge in [0.15, 0.2) is 0 Å². The Morgan fingerprint density at radius 2 is 2.43 bits per heavy atom. The Morgan fingerprint density at radius 1 is 1.64 bits per heavy atom. The topological polar surface area (TPSA) is 45.2 Å². The number of hydrogen-bond acceptors (Lipinski definition) is 4. The minimum absolute atomic E-state index is 0.0749. The third-order valence-electron chi connectivity index (χ3n) is 2.59. The molecule has 0 aromatic carbocycles. The van der Waals surface area contributed by atoms with Gasteiger partial charge in [-0.05, 0) is 19.3 Å². The number of aryl methyl sites for hydroxylation is 1. The van der Waals surface area contributed by atoms with Gasteiger partial charge in [-0.3, -0.25) is 0 Å². The van der Waals surface area contributed by atoms with Crippen molar-refractivity contribution < 1.29 is 5.11 Å². The van der Waals surface area contributed by atoms with Gasteiger partial charge in [0.2, 0.25) is 0 Å². The highest BCUT2D eigenvalue weighted by Crippen LogP contribution is 2.20. The van der Waals surface area contributed by atoms with Crippen molar-refractivity contribution in [2.75, 3.05) is 0 Å². The number of nitrogens with zero attached hydrogens (tertiary/aromatic N) is 1. The van der Waals surface area contributed by atoms with Crippen molar-refractivity contribution in [1.82, 2.24) is 10.3 Å². The Labute approximate surface area is 88.2 Å². The molecular formula is C10H16N2OS. The van der Waals surface area contributed by atoms with Gasteiger partial charge in [0.25, 0.3) is 0 Å². The third kappa shape index (κ3) is 2.32. The van der Waals surface area contributed by atoms with E-state index >= 15 is 0 Å². The molecule has 0 radical (unpaired) electrons. The number of hydrogen-bond donors (Lipinski definition) is 2. The van der Waals surface area contributed by atoms with E-state index < -0.39 is 0 Å². The van der Waals surface area contributed by atoms with Gasteiger partial charge in [0.05, 0.1) is 16.8 Å². The number of thiazole rings is 1. The second-order valence-electron chi connectivity index (χ2n) is 3.79. The Balaban J connectivity index is 1.75. The first-order valence-corrected chi connectivity index (χ1v) is 6.00. The van der Waals surface area contributed by atoms with Gasteiger partial charge >= 0.3 is 0 Å². The molecule has 1 aliphatic carbocycles. The number of aliphatic hydroxyl groups is 1. The van der Waals surface area contributed by atoms with E-state index in [0.717, 1.165) is 31.5 Å². The molecule has 14 heavy (non-hydrogen) atoms. The molecule has 2 N–H and O–H groups in total. The lowest BCUT2D eigenvalue weighted by Gasteiger charge is -2.31. The van der Waals surface area contributed by atoms with Crippen LogP contribution in [0.25, 0.3) is 0 Å². The summed E-state index contributed by atoms with van der Waals surface area (Å²) in [6.45, 7) is 2.96. The first kappa shape index (κ1) is 10.1. The van der Waals surface area contributed by atoms with Crippen molar-refractivity contribution in [3.8, 4) is 0 Å². The van der Waals surface area contributed by atoms with Crippen LogP contribution in [-0.2, 0) is 13.0 Å². The molecule has 4 heteroatoms. The lowest BCUT2D eigenvalue weighted by Crippen LogP contribution is -2.43. The fourth-order valence-corrected chi connectivity index (χ4v) is 2.34. The Hall–Kier alpha value is -0.450. The quantitative estimate of drug-likeness (QED) is 0.791. The highest BCUT2D eigenvalue weighted by molar-refractivity contribution is 7.09. The molecule has 0 unspecified atom stereocenters. The lowest BCUT2D eigenvalue weighted by atomic mass is 9.89. The summed E-state index contributed by atoms with van der Waals surface area (Å²) in [5.41, 5.74) is 1.13. The molecule has 1 heterocycles. The summed E-state index contributed by atoms with van der Waals surface area (Å²) in [4.78, 5) is 4.47. The van der Waals surface area contributed by atoms with Crippen LogP contribution in [-0.4, -0.2) is 22.2 Å². The summed E-state index contributed by atoms with van der Waals surface area (Å²) in [5.74, 6) is 0. The zero-order valence-electron chi connectivity index (χ0n) is 8.36. The SMILES string of the molecule is CCc1nc(CNC2CC(O)C2)cs1. The third-order valence-corrected chi connectivity index (χ3v) is 3.63. The fourth-order valence-electron chi connectivity index (χ4n) is 1.60. The van der Waals surface area contributed by atoms with E-state index in [9.17, 15) is 0 Å². The van der Waals surface area contributed by atoms with E-state index in [1.807, 2.05) is 0 Å². The zero-order chi connectivity index (χ0) is 9.97. The predicted octanol–water partition coefficient (Wildman–Crippen LogP) is 1.32. The lowest BCUT2D eigenvalue weighted by molar-refractivity contribution is 0.0618. The summed E-state index contributed by atoms with van der Waals surface area (Å²) in [6.07, 6.45) is 2.73. The van der Waals surface area contributed by atoms with Gasteiger partial charge in [-0.2, -0.15) is 0 Å². The molecule has 1 aliphatic rings. The van der Waals surface area contributed by atoms with Gasteiger partial charge in [0.1, 0.15) is 0 Å². The highest BCUT2D eigenvalue weighted by atomic mass is 32.1. The molecule has 0 saturated heterocycles. The molecule has 2 rings (SSSR count). The molecule has 0 aliphatic heterocycles. The van der Waals surface area contributed by atoms with Crippen molar-refractivity contribution in [3.63, 3.8) is 0 Å². The summed E-state index contributed by atoms with van der Waals surface area (Å²) in [7, 11) is 0. The summed E-state index contributed by atoms with van der Waals surface area (Å²) >= 11 is 1.73. The van der Waals surface area contributed by atoms with E-state index in [4.69, 9.17) is 5.11 Å². The molecule has 0 amide bonds. The van der Waals surface area contributed by atoms with Crippen LogP contribution in [0.5, 0.6) is 0 Å². The van der Waals surface area contributed by atoms with Crippen LogP contribution in [0, 0.1) is 0 Å². The average molecular weight is 212 g/mol. The van der Waals surface area contributed by atoms with E-state index in [1.165, 1.54) is 5.01 Å². The zero-order valence-corrected chi connectivity index (χ0v) is 9.18. The maximum atomic E-state index is 9.10. The molecule has 78 valence electrons. The van der Waals surface area contributed by atoms with Gasteiger partial charge in [-0.25, -0.2) is 4.98 Å². The van der Waals surface area contributed by atoms with E-state index in [0.29, 0.717) is 6.04 Å². The number of aliphatic hydroxyl groups excluding tert-OH is 1. The largest absolute Gasteiger partial charge is 0.393 e. The maximum Gasteiger partial charge on any atom is 0.0926 e. The Kier molecular flexibility index (Phi) is 3.15. The summed E-state index contributed by atoms with van der Waals surface area (Å²) in [6, 6.07) is 0.497. The number of nitrogens with one attached hydrogen (secondary N) is 1. The van der Waals surface area contributed by atoms with Crippen LogP contribution < -0.4 is 5.32 Å². The first-order chi connectivity index (χ1) is 6.78. The van der Waals surface area contributed by atoms with Crippen LogP contribution in [0.1, 0.15) is 30.5 Å². The van der Waals surface area contributed by atoms with Gasteiger partial charge in [0, 0.05) is 18.0 Å². The molecular weight excluding hydrogens is 196 g/mol. The van der Waals surface area contributed by atoms with Crippen molar-refractivity contribution in [2.24, 2.45) is 0 Å². The average Bonchev–Trinajstić information content (AvgIpc) is 2.58. The first-order valence-electron chi connectivity index (χ1n) is 5.12. The maximum absolute atomic E-state index is 9.10. The highest BCUT2D eigenvalue weighted by Gasteiger charge is 2.26. The van der Waals surface area contributed by atoms with Crippen LogP contribution in [0.3, 0.4) is 0 Å². The number of rotatable bonds is 4. The van der Waals surface area contributed by atoms with Gasteiger partial charge < -0.3 is 10.4 Å². The van der Waals surface area contributed by atoms with Crippen molar-refractivity contribution in [2.45, 2.75) is 44.9 Å². The van der Waals surface area contributed by atoms with Crippen molar-refractivity contribution >= 4 is 11.3 Å². The molecule has 0 atom stereocenters. The molecule has 1 aromatic heterocycles. The van der Waals surface area contributed by atoms with E-state index in [1.54, 1.807) is 11.3 Å². The van der Waals surface area contributed by atoms with Gasteiger partial charge in [-0.15, -0.1) is 11.3 Å². The molecule has 0 bridgehead atoms. The standard InChI is InChI=1S/C10H16N2OS/c1-2-10-12-8(6-14-10)5-11-7-3-9(13)4-7/h6-7,9,11,13H,2-5H2,1H3. The molecule has 0 spiro atoms. The molecule has 3 nitrogen and oxygen atoms in total. The van der Waals surface area contributed by atoms with E-state index in [-0.39, 0.29) is 6.10 Å². The molecule has 1 aromatic rings. The minimum atomic E-state index is -0.0749. The predicted molar refractivity (Wildman–Crippen MR) is 57.4 cm³/mol. The van der Waals surface area contributed by atoms with Crippen LogP contribution in [0.15, 0.2) is 5.38 Å². The monoisotopic (exact) mass is 212 g/mol. The van der Waals surface area contributed by atoms with Crippen molar-refractivity contribution in [1.29, 1.82) is 0 Å². The Bertz CT molecular complexity index is 294. The molecule has 1 fully saturated rings. The second-order valence-corrected chi connectivity index (χ2v) is 4.73. The summed E-state index contributed by atoms with van der Waals surface area (Å²) < 4.78 is 0. The Morgan fingerprint density at radius 3 is 3.00 bits per heavy atom. The minimum Gasteiger partial charge on any atom is -0.393 e. The second kappa shape index (κ2) is 4.38. The summed E-state index contributed by atoms with van der Waals surface area (Å²) in [5, 5.41) is 15.8. The van der Waals surface area contributed by atoms with Crippen molar-refractivity contribution in [3.05, 3.63) is 16.1 Å². The van der Waals surface area contributed by atoms with Crippen LogP contribution in [0.4, 0.5) is 0 Å². The van der Waals surface area contributed by atoms with Gasteiger partial charge in [-0.1, -0.05) is 6.92 Å². The molecule has 1 saturated carbocycles. The fraction of sp³-hybridized carbons (Fsp3) is 0.700. The number of aromatic nitrogens is 1. The normalized spacial score (nSPS) is 26.1. The van der Waals surface area contributed by atoms with E-state index in [2.05, 4.69) is 22.6 Å².